The predicted octanol–water partition coefficient (Wildman–Crippen LogP) is 2.44. The number of aromatic nitrogens is 4. The number of methoxy groups -OCH3 is 1. The average molecular weight is 444 g/mol. The summed E-state index contributed by atoms with van der Waals surface area (Å²) < 4.78 is 40.7. The molecule has 4 rings (SSSR count). The van der Waals surface area contributed by atoms with Gasteiger partial charge in [0.25, 0.3) is 0 Å². The lowest BCUT2D eigenvalue weighted by atomic mass is 10.1. The van der Waals surface area contributed by atoms with E-state index in [0.29, 0.717) is 23.6 Å². The molecular weight excluding hydrogens is 418 g/mol. The maximum absolute atomic E-state index is 13.2. The molecule has 0 amide bonds. The Labute approximate surface area is 181 Å². The van der Waals surface area contributed by atoms with Crippen molar-refractivity contribution in [3.05, 3.63) is 54.2 Å². The van der Waals surface area contributed by atoms with Crippen molar-refractivity contribution >= 4 is 10.0 Å². The van der Waals surface area contributed by atoms with Crippen molar-refractivity contribution in [1.82, 2.24) is 24.1 Å². The second-order valence-electron chi connectivity index (χ2n) is 7.22. The first kappa shape index (κ1) is 21.4. The third-order valence-electron chi connectivity index (χ3n) is 5.22. The lowest BCUT2D eigenvalue weighted by Gasteiger charge is -2.31. The van der Waals surface area contributed by atoms with E-state index in [1.165, 1.54) is 4.31 Å². The van der Waals surface area contributed by atoms with Crippen LogP contribution in [0.25, 0.3) is 11.3 Å². The molecule has 9 nitrogen and oxygen atoms in total. The second kappa shape index (κ2) is 8.74. The zero-order chi connectivity index (χ0) is 22.0. The normalized spacial score (nSPS) is 17.6. The van der Waals surface area contributed by atoms with Crippen LogP contribution in [0.1, 0.15) is 24.4 Å². The maximum atomic E-state index is 13.2. The Kier molecular flexibility index (Phi) is 6.03. The van der Waals surface area contributed by atoms with E-state index < -0.39 is 16.1 Å². The lowest BCUT2D eigenvalue weighted by molar-refractivity contribution is -0.00509. The summed E-state index contributed by atoms with van der Waals surface area (Å²) in [5, 5.41) is 4.27. The zero-order valence-corrected chi connectivity index (χ0v) is 18.5. The van der Waals surface area contributed by atoms with Gasteiger partial charge in [0.2, 0.25) is 10.0 Å². The van der Waals surface area contributed by atoms with Gasteiger partial charge in [-0.2, -0.15) is 9.40 Å². The number of rotatable bonds is 6. The smallest absolute Gasteiger partial charge is 0.246 e. The van der Waals surface area contributed by atoms with Gasteiger partial charge in [0.05, 0.1) is 43.2 Å². The zero-order valence-electron chi connectivity index (χ0n) is 17.7. The molecule has 0 aliphatic carbocycles. The molecule has 1 aromatic carbocycles. The fraction of sp³-hybridized carbons (Fsp3) is 0.381. The number of aryl methyl sites for hydroxylation is 2. The molecule has 31 heavy (non-hydrogen) atoms. The summed E-state index contributed by atoms with van der Waals surface area (Å²) in [4.78, 5) is 9.21. The molecule has 0 saturated carbocycles. The third-order valence-corrected chi connectivity index (χ3v) is 7.19. The molecule has 1 atom stereocenters. The Bertz CT molecular complexity index is 1180. The molecule has 0 N–H and O–H groups in total. The Hall–Kier alpha value is -2.82. The molecule has 0 bridgehead atoms. The van der Waals surface area contributed by atoms with Crippen molar-refractivity contribution in [2.75, 3.05) is 26.8 Å². The van der Waals surface area contributed by atoms with Gasteiger partial charge in [-0.05, 0) is 26.0 Å². The highest BCUT2D eigenvalue weighted by molar-refractivity contribution is 7.89. The molecule has 2 aromatic heterocycles. The van der Waals surface area contributed by atoms with Crippen molar-refractivity contribution in [2.24, 2.45) is 0 Å². The number of morpholine rings is 1. The van der Waals surface area contributed by atoms with Gasteiger partial charge in [-0.15, -0.1) is 0 Å². The predicted molar refractivity (Wildman–Crippen MR) is 114 cm³/mol. The Balaban J connectivity index is 1.59. The minimum atomic E-state index is -3.69. The summed E-state index contributed by atoms with van der Waals surface area (Å²) in [5.74, 6) is 0.721. The van der Waals surface area contributed by atoms with Crippen LogP contribution < -0.4 is 4.74 Å². The van der Waals surface area contributed by atoms with Crippen LogP contribution in [-0.4, -0.2) is 59.3 Å². The molecule has 3 heterocycles. The molecule has 1 aliphatic heterocycles. The lowest BCUT2D eigenvalue weighted by Crippen LogP contribution is -2.42. The molecule has 10 heteroatoms. The summed E-state index contributed by atoms with van der Waals surface area (Å²) in [6.45, 7) is 4.94. The first-order valence-electron chi connectivity index (χ1n) is 10.0. The van der Waals surface area contributed by atoms with E-state index in [1.807, 2.05) is 31.2 Å². The van der Waals surface area contributed by atoms with Gasteiger partial charge in [-0.3, -0.25) is 9.67 Å². The molecule has 1 unspecified atom stereocenters. The van der Waals surface area contributed by atoms with Crippen molar-refractivity contribution in [3.63, 3.8) is 0 Å². The summed E-state index contributed by atoms with van der Waals surface area (Å²) in [5.41, 5.74) is 2.60. The van der Waals surface area contributed by atoms with Gasteiger partial charge < -0.3 is 9.47 Å². The maximum Gasteiger partial charge on any atom is 0.246 e. The summed E-state index contributed by atoms with van der Waals surface area (Å²) in [7, 11) is -2.08. The third kappa shape index (κ3) is 4.32. The quantitative estimate of drug-likeness (QED) is 0.577. The van der Waals surface area contributed by atoms with Crippen molar-refractivity contribution in [1.29, 1.82) is 0 Å². The van der Waals surface area contributed by atoms with Crippen molar-refractivity contribution < 1.29 is 17.9 Å². The number of nitrogens with zero attached hydrogens (tertiary/aromatic N) is 5. The molecule has 1 saturated heterocycles. The summed E-state index contributed by atoms with van der Waals surface area (Å²) >= 11 is 0. The van der Waals surface area contributed by atoms with E-state index in [-0.39, 0.29) is 24.6 Å². The first-order chi connectivity index (χ1) is 14.9. The topological polar surface area (TPSA) is 99.4 Å². The van der Waals surface area contributed by atoms with E-state index in [4.69, 9.17) is 9.47 Å². The van der Waals surface area contributed by atoms with Gasteiger partial charge in [-0.1, -0.05) is 12.1 Å². The summed E-state index contributed by atoms with van der Waals surface area (Å²) in [6, 6.07) is 7.53. The van der Waals surface area contributed by atoms with E-state index in [9.17, 15) is 8.42 Å². The Morgan fingerprint density at radius 3 is 2.87 bits per heavy atom. The first-order valence-corrected chi connectivity index (χ1v) is 11.5. The molecule has 0 radical (unpaired) electrons. The molecule has 164 valence electrons. The number of hydrogen-bond acceptors (Lipinski definition) is 7. The van der Waals surface area contributed by atoms with Crippen LogP contribution in [0.5, 0.6) is 5.75 Å². The highest BCUT2D eigenvalue weighted by Gasteiger charge is 2.34. The van der Waals surface area contributed by atoms with Gasteiger partial charge >= 0.3 is 0 Å². The SMILES string of the molecule is CCn1cc(S(=O)(=O)N2CCOC(c3cncc(-c4cccc(OC)c4)n3)C2)c(C)n1. The van der Waals surface area contributed by atoms with Crippen LogP contribution in [0.3, 0.4) is 0 Å². The Morgan fingerprint density at radius 1 is 1.29 bits per heavy atom. The van der Waals surface area contributed by atoms with Gasteiger partial charge in [-0.25, -0.2) is 13.4 Å². The molecular formula is C21H25N5O4S. The van der Waals surface area contributed by atoms with Gasteiger partial charge in [0, 0.05) is 31.4 Å². The highest BCUT2D eigenvalue weighted by atomic mass is 32.2. The molecule has 3 aromatic rings. The number of sulfonamides is 1. The van der Waals surface area contributed by atoms with Crippen molar-refractivity contribution in [3.8, 4) is 17.0 Å². The molecule has 1 aliphatic rings. The standard InChI is InChI=1S/C21H25N5O4S/c1-4-25-14-21(15(2)24-25)31(27,28)26-8-9-30-20(13-26)19-12-22-11-18(23-19)16-6-5-7-17(10-16)29-3/h5-7,10-12,14,20H,4,8-9,13H2,1-3H3. The molecule has 1 fully saturated rings. The van der Waals surface area contributed by atoms with Gasteiger partial charge in [0.1, 0.15) is 16.7 Å². The van der Waals surface area contributed by atoms with Crippen LogP contribution >= 0.6 is 0 Å². The number of hydrogen-bond donors (Lipinski definition) is 0. The Morgan fingerprint density at radius 2 is 2.13 bits per heavy atom. The molecule has 0 spiro atoms. The van der Waals surface area contributed by atoms with E-state index in [0.717, 1.165) is 11.3 Å². The van der Waals surface area contributed by atoms with Crippen LogP contribution in [0.4, 0.5) is 0 Å². The number of ether oxygens (including phenoxy) is 2. The monoisotopic (exact) mass is 443 g/mol. The fourth-order valence-corrected chi connectivity index (χ4v) is 5.13. The number of benzene rings is 1. The second-order valence-corrected chi connectivity index (χ2v) is 9.12. The van der Waals surface area contributed by atoms with Crippen LogP contribution in [0.2, 0.25) is 0 Å². The fourth-order valence-electron chi connectivity index (χ4n) is 3.53. The largest absolute Gasteiger partial charge is 0.497 e. The van der Waals surface area contributed by atoms with Crippen LogP contribution in [0.15, 0.2) is 47.8 Å². The summed E-state index contributed by atoms with van der Waals surface area (Å²) in [6.07, 6.45) is 4.35. The average Bonchev–Trinajstić information content (AvgIpc) is 3.21. The highest BCUT2D eigenvalue weighted by Crippen LogP contribution is 2.28. The van der Waals surface area contributed by atoms with E-state index >= 15 is 0 Å². The minimum absolute atomic E-state index is 0.162. The van der Waals surface area contributed by atoms with Crippen LogP contribution in [-0.2, 0) is 21.3 Å². The van der Waals surface area contributed by atoms with Crippen LogP contribution in [0, 0.1) is 6.92 Å². The van der Waals surface area contributed by atoms with E-state index in [2.05, 4.69) is 15.1 Å². The van der Waals surface area contributed by atoms with E-state index in [1.54, 1.807) is 37.3 Å². The van der Waals surface area contributed by atoms with Gasteiger partial charge in [0.15, 0.2) is 0 Å². The van der Waals surface area contributed by atoms with Crippen molar-refractivity contribution in [2.45, 2.75) is 31.4 Å². The minimum Gasteiger partial charge on any atom is -0.497 e.